The minimum atomic E-state index is -1.32. The summed E-state index contributed by atoms with van der Waals surface area (Å²) in [5.41, 5.74) is -0.188. The van der Waals surface area contributed by atoms with E-state index in [0.29, 0.717) is 16.7 Å². The van der Waals surface area contributed by atoms with E-state index in [4.69, 9.17) is 13.9 Å². The van der Waals surface area contributed by atoms with Gasteiger partial charge in [-0.1, -0.05) is 0 Å². The number of aliphatic carboxylic acids is 1. The van der Waals surface area contributed by atoms with Crippen molar-refractivity contribution in [3.63, 3.8) is 0 Å². The fourth-order valence-electron chi connectivity index (χ4n) is 2.34. The Hall–Kier alpha value is -3.02. The van der Waals surface area contributed by atoms with Gasteiger partial charge in [0.1, 0.15) is 23.2 Å². The number of hydrogen-bond donors (Lipinski definition) is 0. The van der Waals surface area contributed by atoms with E-state index >= 15 is 0 Å². The van der Waals surface area contributed by atoms with Gasteiger partial charge >= 0.3 is 5.63 Å². The molecular formula is C17H13O6-. The third kappa shape index (κ3) is 2.70. The molecule has 0 amide bonds. The third-order valence-electron chi connectivity index (χ3n) is 3.54. The predicted molar refractivity (Wildman–Crippen MR) is 81.6 cm³/mol. The summed E-state index contributed by atoms with van der Waals surface area (Å²) in [5, 5.41) is 12.6. The minimum absolute atomic E-state index is 0.283. The molecule has 3 rings (SSSR count). The van der Waals surface area contributed by atoms with Crippen molar-refractivity contribution in [3.8, 4) is 11.5 Å². The van der Waals surface area contributed by atoms with Crippen molar-refractivity contribution in [2.45, 2.75) is 13.0 Å². The number of benzene rings is 2. The van der Waals surface area contributed by atoms with E-state index in [0.717, 1.165) is 10.8 Å². The van der Waals surface area contributed by atoms with Crippen molar-refractivity contribution in [2.24, 2.45) is 0 Å². The number of ether oxygens (including phenoxy) is 2. The lowest BCUT2D eigenvalue weighted by atomic mass is 10.1. The highest BCUT2D eigenvalue weighted by molar-refractivity contribution is 6.04. The molecule has 0 aliphatic carbocycles. The number of hydrogen-bond acceptors (Lipinski definition) is 6. The van der Waals surface area contributed by atoms with Gasteiger partial charge in [0.25, 0.3) is 0 Å². The molecule has 0 N–H and O–H groups in total. The molecule has 1 unspecified atom stereocenters. The van der Waals surface area contributed by atoms with Crippen molar-refractivity contribution < 1.29 is 23.8 Å². The zero-order valence-electron chi connectivity index (χ0n) is 12.5. The van der Waals surface area contributed by atoms with Gasteiger partial charge in [0, 0.05) is 16.8 Å². The largest absolute Gasteiger partial charge is 0.546 e. The second-order valence-electron chi connectivity index (χ2n) is 5.04. The van der Waals surface area contributed by atoms with Crippen LogP contribution in [0.15, 0.2) is 45.6 Å². The molecule has 1 atom stereocenters. The SMILES string of the molecule is COc1ccc2c(c1)c(=O)oc1cc(OC(C)C(=O)[O-])ccc12. The first kappa shape index (κ1) is 14.9. The number of fused-ring (bicyclic) bond motifs is 3. The fourth-order valence-corrected chi connectivity index (χ4v) is 2.34. The van der Waals surface area contributed by atoms with Crippen molar-refractivity contribution in [2.75, 3.05) is 7.11 Å². The number of carboxylic acids is 1. The van der Waals surface area contributed by atoms with Gasteiger partial charge in [-0.15, -0.1) is 0 Å². The van der Waals surface area contributed by atoms with Gasteiger partial charge in [-0.05, 0) is 37.3 Å². The van der Waals surface area contributed by atoms with E-state index in [2.05, 4.69) is 0 Å². The van der Waals surface area contributed by atoms with Crippen LogP contribution in [-0.4, -0.2) is 19.2 Å². The Kier molecular flexibility index (Phi) is 3.65. The maximum Gasteiger partial charge on any atom is 0.344 e. The topological polar surface area (TPSA) is 88.8 Å². The smallest absolute Gasteiger partial charge is 0.344 e. The lowest BCUT2D eigenvalue weighted by molar-refractivity contribution is -0.312. The highest BCUT2D eigenvalue weighted by Crippen LogP contribution is 2.28. The molecule has 0 bridgehead atoms. The fraction of sp³-hybridized carbons (Fsp3) is 0.176. The lowest BCUT2D eigenvalue weighted by Gasteiger charge is -2.15. The normalized spacial score (nSPS) is 12.3. The van der Waals surface area contributed by atoms with E-state index in [1.165, 1.54) is 20.1 Å². The molecule has 23 heavy (non-hydrogen) atoms. The molecular weight excluding hydrogens is 300 g/mol. The average Bonchev–Trinajstić information content (AvgIpc) is 2.54. The molecule has 0 saturated carbocycles. The van der Waals surface area contributed by atoms with Crippen molar-refractivity contribution in [3.05, 3.63) is 46.8 Å². The first-order valence-electron chi connectivity index (χ1n) is 6.91. The summed E-state index contributed by atoms with van der Waals surface area (Å²) in [6.07, 6.45) is -1.11. The van der Waals surface area contributed by atoms with Crippen LogP contribution in [-0.2, 0) is 4.79 Å². The molecule has 0 spiro atoms. The molecule has 2 aromatic carbocycles. The molecule has 0 aliphatic rings. The Labute approximate surface area is 130 Å². The molecule has 118 valence electrons. The second kappa shape index (κ2) is 5.64. The third-order valence-corrected chi connectivity index (χ3v) is 3.54. The molecule has 1 aromatic heterocycles. The minimum Gasteiger partial charge on any atom is -0.546 e. The van der Waals surface area contributed by atoms with Crippen LogP contribution in [0.1, 0.15) is 6.92 Å². The molecule has 6 heteroatoms. The van der Waals surface area contributed by atoms with Crippen molar-refractivity contribution >= 4 is 27.7 Å². The Balaban J connectivity index is 2.16. The zero-order valence-corrected chi connectivity index (χ0v) is 12.5. The van der Waals surface area contributed by atoms with Gasteiger partial charge in [-0.2, -0.15) is 0 Å². The van der Waals surface area contributed by atoms with Gasteiger partial charge < -0.3 is 23.8 Å². The van der Waals surface area contributed by atoms with E-state index in [9.17, 15) is 14.7 Å². The van der Waals surface area contributed by atoms with Crippen LogP contribution in [0.4, 0.5) is 0 Å². The van der Waals surface area contributed by atoms with Crippen molar-refractivity contribution in [1.29, 1.82) is 0 Å². The Morgan fingerprint density at radius 1 is 1.09 bits per heavy atom. The first-order valence-corrected chi connectivity index (χ1v) is 6.91. The second-order valence-corrected chi connectivity index (χ2v) is 5.04. The van der Waals surface area contributed by atoms with E-state index in [1.54, 1.807) is 30.3 Å². The highest BCUT2D eigenvalue weighted by Gasteiger charge is 2.11. The summed E-state index contributed by atoms with van der Waals surface area (Å²) in [7, 11) is 1.52. The quantitative estimate of drug-likeness (QED) is 0.535. The lowest BCUT2D eigenvalue weighted by Crippen LogP contribution is -2.37. The Morgan fingerprint density at radius 3 is 2.48 bits per heavy atom. The van der Waals surface area contributed by atoms with Crippen LogP contribution in [0.25, 0.3) is 21.7 Å². The summed E-state index contributed by atoms with van der Waals surface area (Å²) in [6.45, 7) is 1.36. The number of rotatable bonds is 4. The highest BCUT2D eigenvalue weighted by atomic mass is 16.5. The number of carboxylic acid groups (broad SMARTS) is 1. The van der Waals surface area contributed by atoms with E-state index < -0.39 is 17.7 Å². The van der Waals surface area contributed by atoms with Gasteiger partial charge in [-0.25, -0.2) is 4.79 Å². The van der Waals surface area contributed by atoms with Crippen LogP contribution >= 0.6 is 0 Å². The summed E-state index contributed by atoms with van der Waals surface area (Å²) < 4.78 is 15.6. The number of methoxy groups -OCH3 is 1. The van der Waals surface area contributed by atoms with Gasteiger partial charge in [-0.3, -0.25) is 0 Å². The molecule has 0 saturated heterocycles. The number of carbonyl (C=O) groups excluding carboxylic acids is 1. The Morgan fingerprint density at radius 2 is 1.78 bits per heavy atom. The van der Waals surface area contributed by atoms with Gasteiger partial charge in [0.2, 0.25) is 0 Å². The molecule has 6 nitrogen and oxygen atoms in total. The monoisotopic (exact) mass is 313 g/mol. The predicted octanol–water partition coefficient (Wildman–Crippen LogP) is 1.47. The summed E-state index contributed by atoms with van der Waals surface area (Å²) in [4.78, 5) is 22.9. The van der Waals surface area contributed by atoms with Crippen LogP contribution < -0.4 is 20.2 Å². The summed E-state index contributed by atoms with van der Waals surface area (Å²) >= 11 is 0. The molecule has 1 heterocycles. The van der Waals surface area contributed by atoms with Crippen LogP contribution in [0.5, 0.6) is 11.5 Å². The molecule has 0 aliphatic heterocycles. The standard InChI is InChI=1S/C17H14O6/c1-9(16(18)19)22-11-4-6-13-12-5-3-10(21-2)7-14(12)17(20)23-15(13)8-11/h3-9H,1-2H3,(H,18,19)/p-1. The van der Waals surface area contributed by atoms with Gasteiger partial charge in [0.05, 0.1) is 18.5 Å². The first-order chi connectivity index (χ1) is 11.0. The maximum absolute atomic E-state index is 12.1. The van der Waals surface area contributed by atoms with Crippen LogP contribution in [0, 0.1) is 0 Å². The summed E-state index contributed by atoms with van der Waals surface area (Å²) in [5.74, 6) is -0.478. The van der Waals surface area contributed by atoms with E-state index in [1.807, 2.05) is 0 Å². The zero-order chi connectivity index (χ0) is 16.6. The average molecular weight is 313 g/mol. The molecule has 3 aromatic rings. The van der Waals surface area contributed by atoms with E-state index in [-0.39, 0.29) is 5.75 Å². The van der Waals surface area contributed by atoms with Gasteiger partial charge in [0.15, 0.2) is 0 Å². The molecule has 0 fully saturated rings. The summed E-state index contributed by atoms with van der Waals surface area (Å²) in [6, 6.07) is 9.96. The van der Waals surface area contributed by atoms with Crippen molar-refractivity contribution in [1.82, 2.24) is 0 Å². The van der Waals surface area contributed by atoms with Crippen LogP contribution in [0.2, 0.25) is 0 Å². The Bertz CT molecular complexity index is 956. The maximum atomic E-state index is 12.1. The molecule has 0 radical (unpaired) electrons. The van der Waals surface area contributed by atoms with Crippen LogP contribution in [0.3, 0.4) is 0 Å². The number of carbonyl (C=O) groups is 1.